The lowest BCUT2D eigenvalue weighted by atomic mass is 9.55. The molecule has 0 aromatic carbocycles. The Labute approximate surface area is 122 Å². The van der Waals surface area contributed by atoms with Crippen molar-refractivity contribution in [3.05, 3.63) is 0 Å². The Morgan fingerprint density at radius 2 is 1.95 bits per heavy atom. The topological polar surface area (TPSA) is 67.1 Å². The number of nitrogens with two attached hydrogens (primary N) is 1. The number of nitrogens with one attached hydrogen (secondary N) is 2. The highest BCUT2D eigenvalue weighted by molar-refractivity contribution is 5.74. The van der Waals surface area contributed by atoms with Crippen molar-refractivity contribution in [1.29, 1.82) is 0 Å². The van der Waals surface area contributed by atoms with Crippen LogP contribution in [0.2, 0.25) is 0 Å². The van der Waals surface area contributed by atoms with Crippen molar-refractivity contribution in [3.8, 4) is 0 Å². The van der Waals surface area contributed by atoms with E-state index >= 15 is 0 Å². The fourth-order valence-electron chi connectivity index (χ4n) is 4.29. The van der Waals surface area contributed by atoms with Gasteiger partial charge in [-0.15, -0.1) is 0 Å². The Balaban J connectivity index is 1.40. The van der Waals surface area contributed by atoms with Crippen LogP contribution in [-0.4, -0.2) is 25.2 Å². The summed E-state index contributed by atoms with van der Waals surface area (Å²) < 4.78 is 0. The van der Waals surface area contributed by atoms with Crippen LogP contribution < -0.4 is 16.4 Å². The van der Waals surface area contributed by atoms with E-state index in [4.69, 9.17) is 5.73 Å². The lowest BCUT2D eigenvalue weighted by molar-refractivity contribution is 0.00533. The Morgan fingerprint density at radius 1 is 1.15 bits per heavy atom. The quantitative estimate of drug-likeness (QED) is 0.723. The molecule has 0 aromatic rings. The third-order valence-electron chi connectivity index (χ3n) is 6.13. The summed E-state index contributed by atoms with van der Waals surface area (Å²) in [5.74, 6) is 1.48. The number of amides is 2. The maximum atomic E-state index is 12.1. The van der Waals surface area contributed by atoms with E-state index in [0.29, 0.717) is 17.4 Å². The van der Waals surface area contributed by atoms with Crippen molar-refractivity contribution in [2.75, 3.05) is 13.1 Å². The molecular weight excluding hydrogens is 250 g/mol. The summed E-state index contributed by atoms with van der Waals surface area (Å²) in [7, 11) is 0. The predicted octanol–water partition coefficient (Wildman–Crippen LogP) is 2.38. The third kappa shape index (κ3) is 2.80. The molecule has 114 valence electrons. The molecular formula is C16H29N3O. The van der Waals surface area contributed by atoms with Crippen LogP contribution >= 0.6 is 0 Å². The van der Waals surface area contributed by atoms with Crippen molar-refractivity contribution in [3.63, 3.8) is 0 Å². The van der Waals surface area contributed by atoms with Gasteiger partial charge in [-0.3, -0.25) is 0 Å². The molecule has 2 atom stereocenters. The van der Waals surface area contributed by atoms with Crippen LogP contribution in [0.1, 0.15) is 57.8 Å². The fraction of sp³-hybridized carbons (Fsp3) is 0.938. The molecule has 3 saturated carbocycles. The van der Waals surface area contributed by atoms with Crippen molar-refractivity contribution in [2.45, 2.75) is 63.8 Å². The molecule has 3 rings (SSSR count). The van der Waals surface area contributed by atoms with Gasteiger partial charge in [0.25, 0.3) is 0 Å². The van der Waals surface area contributed by atoms with Gasteiger partial charge < -0.3 is 16.4 Å². The zero-order chi connectivity index (χ0) is 14.0. The first-order chi connectivity index (χ1) is 9.72. The molecule has 3 aliphatic rings. The van der Waals surface area contributed by atoms with Crippen LogP contribution in [0.4, 0.5) is 4.79 Å². The van der Waals surface area contributed by atoms with Gasteiger partial charge in [0, 0.05) is 12.6 Å². The Kier molecular flexibility index (Phi) is 4.20. The lowest BCUT2D eigenvalue weighted by Crippen LogP contribution is -2.52. The maximum absolute atomic E-state index is 12.1. The number of urea groups is 1. The second-order valence-electron chi connectivity index (χ2n) is 7.28. The number of hydrogen-bond acceptors (Lipinski definition) is 2. The molecule has 3 fully saturated rings. The number of rotatable bonds is 5. The van der Waals surface area contributed by atoms with E-state index in [-0.39, 0.29) is 6.03 Å². The van der Waals surface area contributed by atoms with Gasteiger partial charge in [0.2, 0.25) is 0 Å². The summed E-state index contributed by atoms with van der Waals surface area (Å²) in [6.07, 6.45) is 11.4. The summed E-state index contributed by atoms with van der Waals surface area (Å²) in [6, 6.07) is 0.378. The molecule has 0 saturated heterocycles. The average Bonchev–Trinajstić information content (AvgIpc) is 2.77. The van der Waals surface area contributed by atoms with Crippen molar-refractivity contribution >= 4 is 6.03 Å². The summed E-state index contributed by atoms with van der Waals surface area (Å²) in [6.45, 7) is 1.64. The molecule has 20 heavy (non-hydrogen) atoms. The molecule has 0 spiro atoms. The minimum absolute atomic E-state index is 0.0401. The zero-order valence-corrected chi connectivity index (χ0v) is 12.5. The maximum Gasteiger partial charge on any atom is 0.315 e. The van der Waals surface area contributed by atoms with E-state index in [1.807, 2.05) is 0 Å². The van der Waals surface area contributed by atoms with Gasteiger partial charge in [0.1, 0.15) is 0 Å². The SMILES string of the molecule is NCC1CCC(NC(=O)NCC2(C3CCC3)CCC2)C1. The summed E-state index contributed by atoms with van der Waals surface area (Å²) in [5.41, 5.74) is 6.14. The minimum atomic E-state index is 0.0401. The molecule has 4 nitrogen and oxygen atoms in total. The molecule has 0 bridgehead atoms. The molecule has 2 amide bonds. The van der Waals surface area contributed by atoms with E-state index in [9.17, 15) is 4.79 Å². The van der Waals surface area contributed by atoms with Crippen LogP contribution in [0.3, 0.4) is 0 Å². The summed E-state index contributed by atoms with van der Waals surface area (Å²) >= 11 is 0. The van der Waals surface area contributed by atoms with E-state index in [0.717, 1.165) is 38.3 Å². The highest BCUT2D eigenvalue weighted by atomic mass is 16.2. The normalized spacial score (nSPS) is 32.2. The Morgan fingerprint density at radius 3 is 2.45 bits per heavy atom. The highest BCUT2D eigenvalue weighted by Gasteiger charge is 2.46. The van der Waals surface area contributed by atoms with Gasteiger partial charge in [-0.05, 0) is 68.7 Å². The van der Waals surface area contributed by atoms with Gasteiger partial charge in [0.05, 0.1) is 0 Å². The molecule has 3 aliphatic carbocycles. The first-order valence-corrected chi connectivity index (χ1v) is 8.46. The number of hydrogen-bond donors (Lipinski definition) is 3. The largest absolute Gasteiger partial charge is 0.338 e. The van der Waals surface area contributed by atoms with Gasteiger partial charge in [-0.25, -0.2) is 4.79 Å². The van der Waals surface area contributed by atoms with Gasteiger partial charge in [-0.2, -0.15) is 0 Å². The highest BCUT2D eigenvalue weighted by Crippen LogP contribution is 2.53. The molecule has 0 aromatic heterocycles. The number of carbonyl (C=O) groups is 1. The van der Waals surface area contributed by atoms with Crippen LogP contribution in [0.15, 0.2) is 0 Å². The van der Waals surface area contributed by atoms with Crippen LogP contribution in [0.25, 0.3) is 0 Å². The lowest BCUT2D eigenvalue weighted by Gasteiger charge is -2.51. The molecule has 0 radical (unpaired) electrons. The van der Waals surface area contributed by atoms with Crippen molar-refractivity contribution in [2.24, 2.45) is 23.0 Å². The molecule has 0 heterocycles. The van der Waals surface area contributed by atoms with E-state index in [1.165, 1.54) is 38.5 Å². The van der Waals surface area contributed by atoms with Gasteiger partial charge >= 0.3 is 6.03 Å². The molecule has 2 unspecified atom stereocenters. The summed E-state index contributed by atoms with van der Waals surface area (Å²) in [5, 5.41) is 6.29. The molecule has 4 heteroatoms. The second kappa shape index (κ2) is 5.92. The zero-order valence-electron chi connectivity index (χ0n) is 12.5. The van der Waals surface area contributed by atoms with Crippen molar-refractivity contribution in [1.82, 2.24) is 10.6 Å². The van der Waals surface area contributed by atoms with E-state index in [1.54, 1.807) is 0 Å². The first kappa shape index (κ1) is 14.2. The Bertz CT molecular complexity index is 350. The molecule has 4 N–H and O–H groups in total. The standard InChI is InChI=1S/C16H29N3O/c17-10-12-5-6-14(9-12)19-15(20)18-11-16(7-2-8-16)13-3-1-4-13/h12-14H,1-11,17H2,(H2,18,19,20). The van der Waals surface area contributed by atoms with E-state index < -0.39 is 0 Å². The van der Waals surface area contributed by atoms with Gasteiger partial charge in [0.15, 0.2) is 0 Å². The summed E-state index contributed by atoms with van der Waals surface area (Å²) in [4.78, 5) is 12.1. The number of carbonyl (C=O) groups excluding carboxylic acids is 1. The Hall–Kier alpha value is -0.770. The monoisotopic (exact) mass is 279 g/mol. The third-order valence-corrected chi connectivity index (χ3v) is 6.13. The fourth-order valence-corrected chi connectivity index (χ4v) is 4.29. The smallest absolute Gasteiger partial charge is 0.315 e. The average molecular weight is 279 g/mol. The van der Waals surface area contributed by atoms with Crippen LogP contribution in [0, 0.1) is 17.3 Å². The van der Waals surface area contributed by atoms with Crippen LogP contribution in [0.5, 0.6) is 0 Å². The van der Waals surface area contributed by atoms with E-state index in [2.05, 4.69) is 10.6 Å². The van der Waals surface area contributed by atoms with Gasteiger partial charge in [-0.1, -0.05) is 12.8 Å². The molecule has 0 aliphatic heterocycles. The van der Waals surface area contributed by atoms with Crippen molar-refractivity contribution < 1.29 is 4.79 Å². The van der Waals surface area contributed by atoms with Crippen LogP contribution in [-0.2, 0) is 0 Å². The minimum Gasteiger partial charge on any atom is -0.338 e. The first-order valence-electron chi connectivity index (χ1n) is 8.46. The predicted molar refractivity (Wildman–Crippen MR) is 80.3 cm³/mol. The second-order valence-corrected chi connectivity index (χ2v) is 7.28.